The summed E-state index contributed by atoms with van der Waals surface area (Å²) in [4.78, 5) is 50.8. The van der Waals surface area contributed by atoms with Crippen molar-refractivity contribution in [1.82, 2.24) is 4.90 Å². The van der Waals surface area contributed by atoms with Crippen LogP contribution in [0.1, 0.15) is 67.9 Å². The summed E-state index contributed by atoms with van der Waals surface area (Å²) in [5, 5.41) is 2.91. The Bertz CT molecular complexity index is 1280. The molecule has 0 aliphatic carbocycles. The fraction of sp³-hybridized carbons (Fsp3) is 0.241. The third-order valence-corrected chi connectivity index (χ3v) is 6.13. The topological polar surface area (TPSA) is 92.8 Å². The van der Waals surface area contributed by atoms with Gasteiger partial charge in [-0.05, 0) is 80.3 Å². The number of anilines is 1. The molecule has 1 heterocycles. The standard InChI is InChI=1S/C29H28N2O5/c1-19-11-12-20(2)25(18-19)30-27(33)21-13-15-22(16-14-21)36-26(32)10-4-3-7-17-31-28(34)23-8-5-6-9-24(23)29(31)35/h5-6,8-9,11-16,18H,3-4,7,10,17H2,1-2H3,(H,30,33). The summed E-state index contributed by atoms with van der Waals surface area (Å²) < 4.78 is 5.37. The molecule has 0 saturated carbocycles. The van der Waals surface area contributed by atoms with Gasteiger partial charge >= 0.3 is 5.97 Å². The average molecular weight is 485 g/mol. The minimum atomic E-state index is -0.372. The highest BCUT2D eigenvalue weighted by Crippen LogP contribution is 2.23. The maximum Gasteiger partial charge on any atom is 0.311 e. The summed E-state index contributed by atoms with van der Waals surface area (Å²) in [5.74, 6) is -0.764. The summed E-state index contributed by atoms with van der Waals surface area (Å²) in [5.41, 5.74) is 4.15. The Morgan fingerprint density at radius 1 is 0.833 bits per heavy atom. The first kappa shape index (κ1) is 24.9. The monoisotopic (exact) mass is 484 g/mol. The lowest BCUT2D eigenvalue weighted by Crippen LogP contribution is -2.30. The van der Waals surface area contributed by atoms with Crippen LogP contribution in [0.15, 0.2) is 66.7 Å². The molecule has 7 heteroatoms. The molecule has 184 valence electrons. The summed E-state index contributed by atoms with van der Waals surface area (Å²) >= 11 is 0. The van der Waals surface area contributed by atoms with Gasteiger partial charge in [0.2, 0.25) is 0 Å². The molecule has 3 aromatic rings. The minimum absolute atomic E-state index is 0.219. The van der Waals surface area contributed by atoms with Crippen LogP contribution in [0.5, 0.6) is 5.75 Å². The zero-order chi connectivity index (χ0) is 25.7. The molecule has 36 heavy (non-hydrogen) atoms. The second kappa shape index (κ2) is 11.0. The Kier molecular flexibility index (Phi) is 7.59. The van der Waals surface area contributed by atoms with Crippen molar-refractivity contribution < 1.29 is 23.9 Å². The molecule has 0 saturated heterocycles. The molecule has 0 spiro atoms. The van der Waals surface area contributed by atoms with Crippen LogP contribution >= 0.6 is 0 Å². The van der Waals surface area contributed by atoms with E-state index >= 15 is 0 Å². The second-order valence-corrected chi connectivity index (χ2v) is 8.89. The van der Waals surface area contributed by atoms with E-state index in [-0.39, 0.29) is 30.1 Å². The van der Waals surface area contributed by atoms with Crippen molar-refractivity contribution in [3.05, 3.63) is 94.5 Å². The lowest BCUT2D eigenvalue weighted by Gasteiger charge is -2.13. The van der Waals surface area contributed by atoms with Gasteiger partial charge < -0.3 is 10.1 Å². The van der Waals surface area contributed by atoms with Gasteiger partial charge in [-0.3, -0.25) is 24.1 Å². The minimum Gasteiger partial charge on any atom is -0.427 e. The number of esters is 1. The molecular weight excluding hydrogens is 456 g/mol. The summed E-state index contributed by atoms with van der Waals surface area (Å²) in [6.45, 7) is 4.22. The predicted molar refractivity (Wildman–Crippen MR) is 136 cm³/mol. The number of rotatable bonds is 9. The third-order valence-electron chi connectivity index (χ3n) is 6.13. The highest BCUT2D eigenvalue weighted by molar-refractivity contribution is 6.21. The summed E-state index contributed by atoms with van der Waals surface area (Å²) in [6, 6.07) is 19.1. The first-order valence-electron chi connectivity index (χ1n) is 12.0. The number of amides is 3. The first-order valence-corrected chi connectivity index (χ1v) is 12.0. The highest BCUT2D eigenvalue weighted by Gasteiger charge is 2.34. The zero-order valence-corrected chi connectivity index (χ0v) is 20.4. The van der Waals surface area contributed by atoms with Crippen LogP contribution in [0.4, 0.5) is 5.69 Å². The Morgan fingerprint density at radius 2 is 1.50 bits per heavy atom. The van der Waals surface area contributed by atoms with E-state index in [2.05, 4.69) is 5.32 Å². The summed E-state index contributed by atoms with van der Waals surface area (Å²) in [7, 11) is 0. The Labute approximate surface area is 210 Å². The van der Waals surface area contributed by atoms with Crippen molar-refractivity contribution in [2.75, 3.05) is 11.9 Å². The molecule has 1 N–H and O–H groups in total. The van der Waals surface area contributed by atoms with E-state index in [4.69, 9.17) is 4.74 Å². The van der Waals surface area contributed by atoms with Crippen LogP contribution in [0.25, 0.3) is 0 Å². The Morgan fingerprint density at radius 3 is 2.17 bits per heavy atom. The number of fused-ring (bicyclic) bond motifs is 1. The quantitative estimate of drug-likeness (QED) is 0.192. The van der Waals surface area contributed by atoms with Crippen LogP contribution in [0.3, 0.4) is 0 Å². The highest BCUT2D eigenvalue weighted by atomic mass is 16.5. The van der Waals surface area contributed by atoms with Gasteiger partial charge in [0.1, 0.15) is 5.75 Å². The van der Waals surface area contributed by atoms with E-state index in [0.29, 0.717) is 48.2 Å². The second-order valence-electron chi connectivity index (χ2n) is 8.89. The lowest BCUT2D eigenvalue weighted by atomic mass is 10.1. The van der Waals surface area contributed by atoms with Crippen LogP contribution < -0.4 is 10.1 Å². The zero-order valence-electron chi connectivity index (χ0n) is 20.4. The molecule has 0 atom stereocenters. The molecule has 4 rings (SSSR count). The number of imide groups is 1. The molecular formula is C29H28N2O5. The van der Waals surface area contributed by atoms with E-state index in [1.807, 2.05) is 32.0 Å². The first-order chi connectivity index (χ1) is 17.3. The maximum atomic E-state index is 12.5. The van der Waals surface area contributed by atoms with Crippen molar-refractivity contribution in [1.29, 1.82) is 0 Å². The van der Waals surface area contributed by atoms with Gasteiger partial charge in [0.25, 0.3) is 17.7 Å². The van der Waals surface area contributed by atoms with Crippen molar-refractivity contribution in [2.45, 2.75) is 39.5 Å². The molecule has 3 amide bonds. The van der Waals surface area contributed by atoms with Crippen LogP contribution in [-0.2, 0) is 4.79 Å². The number of nitrogens with one attached hydrogen (secondary N) is 1. The normalized spacial score (nSPS) is 12.4. The molecule has 0 radical (unpaired) electrons. The van der Waals surface area contributed by atoms with Crippen LogP contribution in [0, 0.1) is 13.8 Å². The van der Waals surface area contributed by atoms with E-state index < -0.39 is 0 Å². The van der Waals surface area contributed by atoms with Gasteiger partial charge in [-0.25, -0.2) is 0 Å². The maximum absolute atomic E-state index is 12.5. The van der Waals surface area contributed by atoms with Gasteiger partial charge in [-0.2, -0.15) is 0 Å². The van der Waals surface area contributed by atoms with Crippen LogP contribution in [-0.4, -0.2) is 35.1 Å². The van der Waals surface area contributed by atoms with Crippen molar-refractivity contribution >= 4 is 29.4 Å². The molecule has 0 fully saturated rings. The molecule has 1 aliphatic heterocycles. The van der Waals surface area contributed by atoms with Gasteiger partial charge in [-0.1, -0.05) is 30.7 Å². The number of carbonyl (C=O) groups excluding carboxylic acids is 4. The lowest BCUT2D eigenvalue weighted by molar-refractivity contribution is -0.134. The van der Waals surface area contributed by atoms with Crippen molar-refractivity contribution in [2.24, 2.45) is 0 Å². The molecule has 0 bridgehead atoms. The molecule has 0 unspecified atom stereocenters. The Hall–Kier alpha value is -4.26. The van der Waals surface area contributed by atoms with E-state index in [1.165, 1.54) is 4.90 Å². The number of hydrogen-bond acceptors (Lipinski definition) is 5. The van der Waals surface area contributed by atoms with Crippen molar-refractivity contribution in [3.63, 3.8) is 0 Å². The average Bonchev–Trinajstić information content (AvgIpc) is 3.11. The number of carbonyl (C=O) groups is 4. The van der Waals surface area contributed by atoms with Gasteiger partial charge in [0, 0.05) is 24.2 Å². The smallest absolute Gasteiger partial charge is 0.311 e. The van der Waals surface area contributed by atoms with E-state index in [1.54, 1.807) is 48.5 Å². The number of ether oxygens (including phenoxy) is 1. The van der Waals surface area contributed by atoms with Gasteiger partial charge in [0.15, 0.2) is 0 Å². The number of unbranched alkanes of at least 4 members (excludes halogenated alkanes) is 2. The number of benzene rings is 3. The summed E-state index contributed by atoms with van der Waals surface area (Å²) in [6.07, 6.45) is 2.10. The molecule has 3 aromatic carbocycles. The molecule has 7 nitrogen and oxygen atoms in total. The van der Waals surface area contributed by atoms with E-state index in [9.17, 15) is 19.2 Å². The predicted octanol–water partition coefficient (Wildman–Crippen LogP) is 5.32. The largest absolute Gasteiger partial charge is 0.427 e. The third kappa shape index (κ3) is 5.68. The van der Waals surface area contributed by atoms with E-state index in [0.717, 1.165) is 16.8 Å². The molecule has 0 aromatic heterocycles. The number of hydrogen-bond donors (Lipinski definition) is 1. The molecule has 1 aliphatic rings. The number of aryl methyl sites for hydroxylation is 2. The van der Waals surface area contributed by atoms with Gasteiger partial charge in [0.05, 0.1) is 11.1 Å². The fourth-order valence-corrected chi connectivity index (χ4v) is 4.08. The van der Waals surface area contributed by atoms with Crippen LogP contribution in [0.2, 0.25) is 0 Å². The fourth-order valence-electron chi connectivity index (χ4n) is 4.08. The SMILES string of the molecule is Cc1ccc(C)c(NC(=O)c2ccc(OC(=O)CCCCCN3C(=O)c4ccccc4C3=O)cc2)c1. The van der Waals surface area contributed by atoms with Gasteiger partial charge in [-0.15, -0.1) is 0 Å². The van der Waals surface area contributed by atoms with Crippen molar-refractivity contribution in [3.8, 4) is 5.75 Å². The Balaban J connectivity index is 1.18. The number of nitrogens with zero attached hydrogens (tertiary/aromatic N) is 1.